The van der Waals surface area contributed by atoms with Crippen LogP contribution in [0.25, 0.3) is 0 Å². The Morgan fingerprint density at radius 1 is 0.500 bits per heavy atom. The minimum atomic E-state index is -4.46. The highest BCUT2D eigenvalue weighted by atomic mass is 31.2. The van der Waals surface area contributed by atoms with Gasteiger partial charge in [0.05, 0.1) is 33.8 Å². The van der Waals surface area contributed by atoms with Crippen molar-refractivity contribution in [2.24, 2.45) is 0 Å². The van der Waals surface area contributed by atoms with E-state index in [1.54, 1.807) is 0 Å². The van der Waals surface area contributed by atoms with Gasteiger partial charge in [-0.2, -0.15) is 0 Å². The lowest BCUT2D eigenvalue weighted by molar-refractivity contribution is -0.870. The number of carbonyl (C=O) groups is 2. The van der Waals surface area contributed by atoms with Gasteiger partial charge in [0.2, 0.25) is 5.91 Å². The zero-order valence-corrected chi connectivity index (χ0v) is 48.6. The Hall–Kier alpha value is -2.55. The summed E-state index contributed by atoms with van der Waals surface area (Å²) >= 11 is 0. The number of nitrogens with zero attached hydrogens (tertiary/aromatic N) is 1. The fourth-order valence-corrected chi connectivity index (χ4v) is 9.06. The summed E-state index contributed by atoms with van der Waals surface area (Å²) in [6, 6.07) is -0.866. The molecule has 0 bridgehead atoms. The normalized spacial score (nSPS) is 14.3. The number of esters is 1. The van der Waals surface area contributed by atoms with E-state index < -0.39 is 20.0 Å². The molecule has 3 atom stereocenters. The molecule has 0 spiro atoms. The van der Waals surface area contributed by atoms with Gasteiger partial charge in [-0.3, -0.25) is 18.6 Å². The average molecular weight is 1030 g/mol. The summed E-state index contributed by atoms with van der Waals surface area (Å²) in [6.45, 7) is 6.88. The van der Waals surface area contributed by atoms with E-state index in [0.717, 1.165) is 89.9 Å². The number of hydrogen-bond donors (Lipinski definition) is 2. The first-order valence-corrected chi connectivity index (χ1v) is 31.3. The number of rotatable bonds is 53. The van der Waals surface area contributed by atoms with E-state index in [1.807, 2.05) is 33.3 Å². The number of allylic oxidation sites excluding steroid dienone is 11. The second kappa shape index (κ2) is 51.9. The maximum atomic E-state index is 13.5. The first-order chi connectivity index (χ1) is 34.9. The highest BCUT2D eigenvalue weighted by Gasteiger charge is 2.30. The Morgan fingerprint density at radius 3 is 1.35 bits per heavy atom. The molecule has 0 aliphatic heterocycles. The molecule has 0 aromatic rings. The van der Waals surface area contributed by atoms with E-state index in [-0.39, 0.29) is 31.5 Å². The van der Waals surface area contributed by atoms with Crippen LogP contribution >= 0.6 is 7.82 Å². The van der Waals surface area contributed by atoms with E-state index in [9.17, 15) is 19.0 Å². The Kier molecular flexibility index (Phi) is 50.1. The van der Waals surface area contributed by atoms with Gasteiger partial charge in [0.15, 0.2) is 0 Å². The molecule has 418 valence electrons. The number of phosphoric ester groups is 1. The standard InChI is InChI=1S/C62H113N2O7P/c1-7-10-13-16-19-22-25-28-30-31-32-33-35-36-39-42-45-48-51-54-61(65)63-59(58-70-72(67,68)69-57-56-64(4,5)6)60(53-50-47-44-41-38-27-24-21-18-15-12-9-3)71-62(66)55-52-49-46-43-40-37-34-29-26-23-20-17-14-11-8-2/h10,13,19,22,28,30,32-33,36,39,50,53,59-60H,7-9,11-12,14-18,20-21,23-27,29,31,34-35,37-38,40-49,51-52,54-58H2,1-6H3,(H-,63,65,67,68)/p+1/b13-10-,22-19-,30-28-,33-32-,39-36-,53-50+. The van der Waals surface area contributed by atoms with Gasteiger partial charge in [-0.05, 0) is 76.7 Å². The van der Waals surface area contributed by atoms with Gasteiger partial charge in [0.1, 0.15) is 19.3 Å². The number of carbonyl (C=O) groups excluding carboxylic acids is 2. The van der Waals surface area contributed by atoms with Gasteiger partial charge < -0.3 is 19.4 Å². The van der Waals surface area contributed by atoms with Crippen molar-refractivity contribution in [2.75, 3.05) is 40.9 Å². The van der Waals surface area contributed by atoms with Crippen LogP contribution in [0.15, 0.2) is 72.9 Å². The quantitative estimate of drug-likeness (QED) is 0.0205. The van der Waals surface area contributed by atoms with Crippen LogP contribution in [0, 0.1) is 0 Å². The molecule has 0 aliphatic carbocycles. The molecular weight excluding hydrogens is 916 g/mol. The number of quaternary nitrogens is 1. The fraction of sp³-hybridized carbons (Fsp3) is 0.774. The molecule has 0 aromatic carbocycles. The third kappa shape index (κ3) is 52.3. The van der Waals surface area contributed by atoms with Gasteiger partial charge in [-0.15, -0.1) is 0 Å². The minimum absolute atomic E-state index is 0.0321. The molecule has 3 unspecified atom stereocenters. The Morgan fingerprint density at radius 2 is 0.889 bits per heavy atom. The second-order valence-electron chi connectivity index (χ2n) is 21.1. The largest absolute Gasteiger partial charge is 0.472 e. The highest BCUT2D eigenvalue weighted by molar-refractivity contribution is 7.47. The Bertz CT molecular complexity index is 1460. The van der Waals surface area contributed by atoms with Gasteiger partial charge in [-0.25, -0.2) is 4.57 Å². The Balaban J connectivity index is 5.36. The summed E-state index contributed by atoms with van der Waals surface area (Å²) in [7, 11) is 1.47. The van der Waals surface area contributed by atoms with E-state index >= 15 is 0 Å². The van der Waals surface area contributed by atoms with E-state index in [2.05, 4.69) is 86.8 Å². The fourth-order valence-electron chi connectivity index (χ4n) is 8.32. The van der Waals surface area contributed by atoms with Crippen molar-refractivity contribution < 1.29 is 37.3 Å². The maximum absolute atomic E-state index is 13.5. The molecule has 0 rings (SSSR count). The van der Waals surface area contributed by atoms with Crippen molar-refractivity contribution in [1.29, 1.82) is 0 Å². The summed E-state index contributed by atoms with van der Waals surface area (Å²) in [6.07, 6.45) is 66.1. The Labute approximate surface area is 444 Å². The van der Waals surface area contributed by atoms with E-state index in [4.69, 9.17) is 13.8 Å². The number of likely N-dealkylation sites (N-methyl/N-ethyl adjacent to an activating group) is 1. The SMILES string of the molecule is CC/C=C\C/C=C\C/C=C\C/C=C\C/C=C\CCCCCC(=O)NC(COP(=O)(O)OCC[N+](C)(C)C)C(/C=C/CCCCCCCCCCCC)OC(=O)CCCCCCCCCCCCCCCCC. The number of phosphoric acid groups is 1. The molecule has 10 heteroatoms. The number of ether oxygens (including phenoxy) is 1. The molecule has 0 saturated carbocycles. The monoisotopic (exact) mass is 1030 g/mol. The van der Waals surface area contributed by atoms with Crippen molar-refractivity contribution in [3.8, 4) is 0 Å². The molecule has 2 N–H and O–H groups in total. The summed E-state index contributed by atoms with van der Waals surface area (Å²) in [4.78, 5) is 37.6. The first-order valence-electron chi connectivity index (χ1n) is 29.8. The van der Waals surface area contributed by atoms with Crippen LogP contribution in [-0.4, -0.2) is 74.3 Å². The molecule has 0 heterocycles. The number of nitrogens with one attached hydrogen (secondary N) is 1. The summed E-state index contributed by atoms with van der Waals surface area (Å²) in [5.74, 6) is -0.539. The first kappa shape index (κ1) is 69.5. The van der Waals surface area contributed by atoms with Crippen molar-refractivity contribution >= 4 is 19.7 Å². The van der Waals surface area contributed by atoms with Crippen LogP contribution in [0.5, 0.6) is 0 Å². The molecule has 0 aromatic heterocycles. The molecule has 72 heavy (non-hydrogen) atoms. The summed E-state index contributed by atoms with van der Waals surface area (Å²) in [5, 5.41) is 3.03. The molecule has 1 amide bonds. The predicted molar refractivity (Wildman–Crippen MR) is 309 cm³/mol. The zero-order chi connectivity index (χ0) is 52.9. The van der Waals surface area contributed by atoms with Gasteiger partial charge in [-0.1, -0.05) is 242 Å². The van der Waals surface area contributed by atoms with Crippen LogP contribution < -0.4 is 5.32 Å². The molecule has 0 fully saturated rings. The lowest BCUT2D eigenvalue weighted by Crippen LogP contribution is -2.47. The molecule has 0 radical (unpaired) electrons. The minimum Gasteiger partial charge on any atom is -0.456 e. The van der Waals surface area contributed by atoms with Crippen LogP contribution in [0.4, 0.5) is 0 Å². The van der Waals surface area contributed by atoms with Crippen molar-refractivity contribution in [2.45, 2.75) is 270 Å². The maximum Gasteiger partial charge on any atom is 0.472 e. The van der Waals surface area contributed by atoms with Crippen LogP contribution in [0.2, 0.25) is 0 Å². The van der Waals surface area contributed by atoms with Crippen LogP contribution in [0.1, 0.15) is 258 Å². The van der Waals surface area contributed by atoms with Gasteiger partial charge in [0.25, 0.3) is 0 Å². The second-order valence-corrected chi connectivity index (χ2v) is 22.6. The lowest BCUT2D eigenvalue weighted by Gasteiger charge is -2.27. The predicted octanol–water partition coefficient (Wildman–Crippen LogP) is 18.1. The molecule has 0 saturated heterocycles. The number of hydrogen-bond acceptors (Lipinski definition) is 6. The smallest absolute Gasteiger partial charge is 0.456 e. The summed E-state index contributed by atoms with van der Waals surface area (Å²) in [5.41, 5.74) is 0. The topological polar surface area (TPSA) is 111 Å². The summed E-state index contributed by atoms with van der Waals surface area (Å²) < 4.78 is 30.6. The highest BCUT2D eigenvalue weighted by Crippen LogP contribution is 2.43. The van der Waals surface area contributed by atoms with Crippen LogP contribution in [-0.2, 0) is 27.9 Å². The third-order valence-corrected chi connectivity index (χ3v) is 13.9. The number of amides is 1. The van der Waals surface area contributed by atoms with Gasteiger partial charge in [0, 0.05) is 12.8 Å². The van der Waals surface area contributed by atoms with Crippen LogP contribution in [0.3, 0.4) is 0 Å². The average Bonchev–Trinajstić information content (AvgIpc) is 3.34. The van der Waals surface area contributed by atoms with Gasteiger partial charge >= 0.3 is 13.8 Å². The van der Waals surface area contributed by atoms with E-state index in [0.29, 0.717) is 23.9 Å². The molecular formula is C62H114N2O7P+. The van der Waals surface area contributed by atoms with E-state index in [1.165, 1.54) is 128 Å². The van der Waals surface area contributed by atoms with Crippen molar-refractivity contribution in [3.63, 3.8) is 0 Å². The van der Waals surface area contributed by atoms with Crippen molar-refractivity contribution in [3.05, 3.63) is 72.9 Å². The molecule has 9 nitrogen and oxygen atoms in total. The molecule has 0 aliphatic rings. The number of unbranched alkanes of at least 4 members (excludes halogenated alkanes) is 27. The van der Waals surface area contributed by atoms with Crippen molar-refractivity contribution in [1.82, 2.24) is 5.32 Å². The lowest BCUT2D eigenvalue weighted by atomic mass is 10.0. The third-order valence-electron chi connectivity index (χ3n) is 12.9. The zero-order valence-electron chi connectivity index (χ0n) is 47.7.